The number of halogens is 1. The Hall–Kier alpha value is -2.40. The fourth-order valence-corrected chi connectivity index (χ4v) is 1.98. The predicted octanol–water partition coefficient (Wildman–Crippen LogP) is 3.28. The van der Waals surface area contributed by atoms with E-state index in [0.29, 0.717) is 12.2 Å². The second-order valence-electron chi connectivity index (χ2n) is 4.60. The number of anilines is 1. The molecule has 0 heterocycles. The Morgan fingerprint density at radius 1 is 1.29 bits per heavy atom. The van der Waals surface area contributed by atoms with Crippen LogP contribution in [-0.2, 0) is 17.9 Å². The Bertz CT molecular complexity index is 643. The molecule has 21 heavy (non-hydrogen) atoms. The van der Waals surface area contributed by atoms with E-state index < -0.39 is 11.8 Å². The molecule has 0 aliphatic rings. The lowest BCUT2D eigenvalue weighted by atomic mass is 10.1. The van der Waals surface area contributed by atoms with Crippen LogP contribution in [0.5, 0.6) is 0 Å². The molecule has 2 rings (SSSR count). The van der Waals surface area contributed by atoms with Crippen LogP contribution in [0.4, 0.5) is 10.1 Å². The lowest BCUT2D eigenvalue weighted by molar-refractivity contribution is 0.0696. The number of benzene rings is 2. The van der Waals surface area contributed by atoms with E-state index in [1.807, 2.05) is 24.3 Å². The van der Waals surface area contributed by atoms with Gasteiger partial charge in [0.25, 0.3) is 0 Å². The highest BCUT2D eigenvalue weighted by atomic mass is 19.1. The summed E-state index contributed by atoms with van der Waals surface area (Å²) in [5, 5.41) is 12.0. The van der Waals surface area contributed by atoms with Crippen molar-refractivity contribution in [3.63, 3.8) is 0 Å². The Labute approximate surface area is 122 Å². The van der Waals surface area contributed by atoms with Gasteiger partial charge in [0.05, 0.1) is 12.2 Å². The zero-order valence-corrected chi connectivity index (χ0v) is 11.6. The first-order valence-electron chi connectivity index (χ1n) is 6.43. The molecule has 0 bridgehead atoms. The Balaban J connectivity index is 2.10. The van der Waals surface area contributed by atoms with Gasteiger partial charge in [-0.25, -0.2) is 9.18 Å². The third-order valence-corrected chi connectivity index (χ3v) is 3.01. The van der Waals surface area contributed by atoms with Crippen LogP contribution < -0.4 is 5.32 Å². The summed E-state index contributed by atoms with van der Waals surface area (Å²) in [5.74, 6) is -1.50. The van der Waals surface area contributed by atoms with Crippen molar-refractivity contribution >= 4 is 11.7 Å². The zero-order valence-electron chi connectivity index (χ0n) is 11.6. The van der Waals surface area contributed by atoms with Crippen LogP contribution in [0.1, 0.15) is 21.5 Å². The summed E-state index contributed by atoms with van der Waals surface area (Å²) < 4.78 is 18.7. The predicted molar refractivity (Wildman–Crippen MR) is 77.8 cm³/mol. The van der Waals surface area contributed by atoms with E-state index in [0.717, 1.165) is 11.3 Å². The minimum absolute atomic E-state index is 0.0707. The summed E-state index contributed by atoms with van der Waals surface area (Å²) in [5.41, 5.74) is 2.21. The Morgan fingerprint density at radius 3 is 2.81 bits per heavy atom. The maximum Gasteiger partial charge on any atom is 0.335 e. The molecule has 0 unspecified atom stereocenters. The third-order valence-electron chi connectivity index (χ3n) is 3.01. The van der Waals surface area contributed by atoms with Crippen LogP contribution >= 0.6 is 0 Å². The summed E-state index contributed by atoms with van der Waals surface area (Å²) >= 11 is 0. The summed E-state index contributed by atoms with van der Waals surface area (Å²) in [6.07, 6.45) is 0. The second-order valence-corrected chi connectivity index (χ2v) is 4.60. The standard InChI is InChI=1S/C16H16FNO3/c1-21-10-11-3-2-4-14(7-11)18-9-13-8-12(16(19)20)5-6-15(13)17/h2-8,18H,9-10H2,1H3,(H,19,20). The number of ether oxygens (including phenoxy) is 1. The van der Waals surface area contributed by atoms with Crippen molar-refractivity contribution in [1.29, 1.82) is 0 Å². The molecule has 0 amide bonds. The van der Waals surface area contributed by atoms with Crippen molar-refractivity contribution in [2.24, 2.45) is 0 Å². The van der Waals surface area contributed by atoms with Crippen molar-refractivity contribution in [3.05, 3.63) is 65.0 Å². The Morgan fingerprint density at radius 2 is 2.10 bits per heavy atom. The van der Waals surface area contributed by atoms with Gasteiger partial charge < -0.3 is 15.2 Å². The number of aromatic carboxylic acids is 1. The normalized spacial score (nSPS) is 10.4. The summed E-state index contributed by atoms with van der Waals surface area (Å²) in [6, 6.07) is 11.3. The van der Waals surface area contributed by atoms with Crippen molar-refractivity contribution in [1.82, 2.24) is 0 Å². The van der Waals surface area contributed by atoms with Gasteiger partial charge in [-0.2, -0.15) is 0 Å². The van der Waals surface area contributed by atoms with E-state index in [-0.39, 0.29) is 12.1 Å². The van der Waals surface area contributed by atoms with Gasteiger partial charge in [0.15, 0.2) is 0 Å². The highest BCUT2D eigenvalue weighted by Gasteiger charge is 2.08. The molecule has 4 nitrogen and oxygen atoms in total. The number of methoxy groups -OCH3 is 1. The van der Waals surface area contributed by atoms with Crippen LogP contribution in [0.25, 0.3) is 0 Å². The molecule has 2 aromatic carbocycles. The van der Waals surface area contributed by atoms with Crippen LogP contribution in [0.15, 0.2) is 42.5 Å². The third kappa shape index (κ3) is 4.03. The Kier molecular flexibility index (Phi) is 4.90. The largest absolute Gasteiger partial charge is 0.478 e. The molecule has 0 saturated heterocycles. The quantitative estimate of drug-likeness (QED) is 0.856. The van der Waals surface area contributed by atoms with Crippen LogP contribution in [0.3, 0.4) is 0 Å². The molecular weight excluding hydrogens is 273 g/mol. The molecule has 0 atom stereocenters. The van der Waals surface area contributed by atoms with Gasteiger partial charge in [-0.15, -0.1) is 0 Å². The number of rotatable bonds is 6. The van der Waals surface area contributed by atoms with Gasteiger partial charge in [-0.3, -0.25) is 0 Å². The monoisotopic (exact) mass is 289 g/mol. The van der Waals surface area contributed by atoms with Crippen LogP contribution in [0, 0.1) is 5.82 Å². The molecule has 2 aromatic rings. The minimum atomic E-state index is -1.07. The van der Waals surface area contributed by atoms with Gasteiger partial charge in [0.2, 0.25) is 0 Å². The molecule has 0 aromatic heterocycles. The lowest BCUT2D eigenvalue weighted by Gasteiger charge is -2.09. The maximum atomic E-state index is 13.7. The van der Waals surface area contributed by atoms with Gasteiger partial charge in [-0.05, 0) is 35.9 Å². The van der Waals surface area contributed by atoms with Crippen molar-refractivity contribution in [2.45, 2.75) is 13.2 Å². The molecular formula is C16H16FNO3. The molecule has 110 valence electrons. The number of carboxylic acid groups (broad SMARTS) is 1. The summed E-state index contributed by atoms with van der Waals surface area (Å²) in [6.45, 7) is 0.710. The van der Waals surface area contributed by atoms with Crippen molar-refractivity contribution in [2.75, 3.05) is 12.4 Å². The SMILES string of the molecule is COCc1cccc(NCc2cc(C(=O)O)ccc2F)c1. The molecule has 0 aliphatic carbocycles. The number of hydrogen-bond donors (Lipinski definition) is 2. The first-order chi connectivity index (χ1) is 10.1. The fraction of sp³-hybridized carbons (Fsp3) is 0.188. The van der Waals surface area contributed by atoms with E-state index >= 15 is 0 Å². The lowest BCUT2D eigenvalue weighted by Crippen LogP contribution is -2.05. The first-order valence-corrected chi connectivity index (χ1v) is 6.43. The van der Waals surface area contributed by atoms with Gasteiger partial charge >= 0.3 is 5.97 Å². The molecule has 0 saturated carbocycles. The second kappa shape index (κ2) is 6.85. The average Bonchev–Trinajstić information content (AvgIpc) is 2.47. The number of hydrogen-bond acceptors (Lipinski definition) is 3. The van der Waals surface area contributed by atoms with E-state index in [4.69, 9.17) is 9.84 Å². The van der Waals surface area contributed by atoms with Crippen molar-refractivity contribution in [3.8, 4) is 0 Å². The molecule has 0 spiro atoms. The molecule has 0 fully saturated rings. The maximum absolute atomic E-state index is 13.7. The topological polar surface area (TPSA) is 58.6 Å². The van der Waals surface area contributed by atoms with E-state index in [2.05, 4.69) is 5.32 Å². The summed E-state index contributed by atoms with van der Waals surface area (Å²) in [7, 11) is 1.62. The smallest absolute Gasteiger partial charge is 0.335 e. The number of carboxylic acids is 1. The van der Waals surface area contributed by atoms with Gasteiger partial charge in [-0.1, -0.05) is 12.1 Å². The van der Waals surface area contributed by atoms with Gasteiger partial charge in [0, 0.05) is 24.9 Å². The van der Waals surface area contributed by atoms with Gasteiger partial charge in [0.1, 0.15) is 5.82 Å². The van der Waals surface area contributed by atoms with Crippen LogP contribution in [0.2, 0.25) is 0 Å². The molecule has 2 N–H and O–H groups in total. The number of nitrogens with one attached hydrogen (secondary N) is 1. The highest BCUT2D eigenvalue weighted by Crippen LogP contribution is 2.15. The minimum Gasteiger partial charge on any atom is -0.478 e. The van der Waals surface area contributed by atoms with Crippen molar-refractivity contribution < 1.29 is 19.0 Å². The zero-order chi connectivity index (χ0) is 15.2. The first kappa shape index (κ1) is 15.0. The fourth-order valence-electron chi connectivity index (χ4n) is 1.98. The molecule has 5 heteroatoms. The van der Waals surface area contributed by atoms with Crippen LogP contribution in [-0.4, -0.2) is 18.2 Å². The molecule has 0 aliphatic heterocycles. The highest BCUT2D eigenvalue weighted by molar-refractivity contribution is 5.87. The van der Waals surface area contributed by atoms with E-state index in [1.54, 1.807) is 7.11 Å². The number of carbonyl (C=O) groups is 1. The molecule has 0 radical (unpaired) electrons. The van der Waals surface area contributed by atoms with E-state index in [9.17, 15) is 9.18 Å². The average molecular weight is 289 g/mol. The van der Waals surface area contributed by atoms with E-state index in [1.165, 1.54) is 18.2 Å². The summed E-state index contributed by atoms with van der Waals surface area (Å²) in [4.78, 5) is 10.9.